The van der Waals surface area contributed by atoms with Crippen molar-refractivity contribution < 1.29 is 27.8 Å². The standard InChI is InChI=1S/C16H20F3NO3/c1-4-6-9-13(12-8-7-10-20-11(12)3)15(22,16(17,18)19)14(21)23-5-2/h7-10,22H,4-6H2,1-3H3/b13-9+. The molecule has 23 heavy (non-hydrogen) atoms. The summed E-state index contributed by atoms with van der Waals surface area (Å²) in [5.41, 5.74) is -3.93. The zero-order valence-electron chi connectivity index (χ0n) is 13.3. The molecule has 1 atom stereocenters. The minimum absolute atomic E-state index is 0.0637. The van der Waals surface area contributed by atoms with Gasteiger partial charge in [-0.25, -0.2) is 4.79 Å². The maximum atomic E-state index is 13.6. The number of aryl methyl sites for hydroxylation is 1. The molecular weight excluding hydrogens is 311 g/mol. The Kier molecular flexibility index (Phi) is 6.32. The number of carbonyl (C=O) groups excluding carboxylic acids is 1. The second-order valence-electron chi connectivity index (χ2n) is 4.97. The Balaban J connectivity index is 3.59. The van der Waals surface area contributed by atoms with Gasteiger partial charge in [0.05, 0.1) is 6.61 Å². The molecule has 0 spiro atoms. The number of aromatic nitrogens is 1. The summed E-state index contributed by atoms with van der Waals surface area (Å²) in [5.74, 6) is -1.74. The van der Waals surface area contributed by atoms with Crippen LogP contribution in [0.15, 0.2) is 24.4 Å². The Morgan fingerprint density at radius 1 is 1.39 bits per heavy atom. The van der Waals surface area contributed by atoms with E-state index in [1.165, 1.54) is 38.3 Å². The van der Waals surface area contributed by atoms with Gasteiger partial charge in [-0.3, -0.25) is 4.98 Å². The molecule has 0 saturated carbocycles. The Labute approximate surface area is 133 Å². The molecule has 0 radical (unpaired) electrons. The van der Waals surface area contributed by atoms with Crippen LogP contribution >= 0.6 is 0 Å². The lowest BCUT2D eigenvalue weighted by molar-refractivity contribution is -0.242. The molecule has 1 N–H and O–H groups in total. The molecule has 1 aromatic rings. The molecule has 1 aromatic heterocycles. The number of pyridine rings is 1. The molecule has 1 rings (SSSR count). The molecule has 0 saturated heterocycles. The van der Waals surface area contributed by atoms with E-state index in [1.54, 1.807) is 6.92 Å². The number of alkyl halides is 3. The first-order valence-electron chi connectivity index (χ1n) is 7.29. The largest absolute Gasteiger partial charge is 0.463 e. The third kappa shape index (κ3) is 3.90. The van der Waals surface area contributed by atoms with Crippen molar-refractivity contribution in [3.05, 3.63) is 35.7 Å². The fourth-order valence-electron chi connectivity index (χ4n) is 2.12. The lowest BCUT2D eigenvalue weighted by Crippen LogP contribution is -2.54. The van der Waals surface area contributed by atoms with Crippen LogP contribution in [-0.2, 0) is 9.53 Å². The number of aliphatic hydroxyl groups is 1. The van der Waals surface area contributed by atoms with E-state index in [0.29, 0.717) is 6.42 Å². The zero-order chi connectivity index (χ0) is 17.7. The van der Waals surface area contributed by atoms with Gasteiger partial charge in [0, 0.05) is 23.0 Å². The first-order chi connectivity index (χ1) is 10.7. The molecule has 0 bridgehead atoms. The molecule has 0 aliphatic rings. The van der Waals surface area contributed by atoms with Gasteiger partial charge in [0.1, 0.15) is 0 Å². The predicted molar refractivity (Wildman–Crippen MR) is 79.5 cm³/mol. The number of carbonyl (C=O) groups is 1. The van der Waals surface area contributed by atoms with Crippen molar-refractivity contribution >= 4 is 11.5 Å². The Morgan fingerprint density at radius 2 is 2.04 bits per heavy atom. The maximum Gasteiger partial charge on any atom is 0.432 e. The van der Waals surface area contributed by atoms with E-state index in [-0.39, 0.29) is 24.3 Å². The number of hydrogen-bond acceptors (Lipinski definition) is 4. The fraction of sp³-hybridized carbons (Fsp3) is 0.500. The summed E-state index contributed by atoms with van der Waals surface area (Å²) < 4.78 is 45.2. The second-order valence-corrected chi connectivity index (χ2v) is 4.97. The van der Waals surface area contributed by atoms with Crippen LogP contribution in [0.5, 0.6) is 0 Å². The van der Waals surface area contributed by atoms with Gasteiger partial charge in [0.15, 0.2) is 0 Å². The fourth-order valence-corrected chi connectivity index (χ4v) is 2.12. The van der Waals surface area contributed by atoms with E-state index in [0.717, 1.165) is 0 Å². The van der Waals surface area contributed by atoms with Crippen molar-refractivity contribution in [1.29, 1.82) is 0 Å². The number of esters is 1. The van der Waals surface area contributed by atoms with Crippen molar-refractivity contribution in [3.63, 3.8) is 0 Å². The van der Waals surface area contributed by atoms with E-state index in [2.05, 4.69) is 9.72 Å². The van der Waals surface area contributed by atoms with Crippen LogP contribution in [0.2, 0.25) is 0 Å². The van der Waals surface area contributed by atoms with Crippen LogP contribution in [0.4, 0.5) is 13.2 Å². The quantitative estimate of drug-likeness (QED) is 0.811. The summed E-state index contributed by atoms with van der Waals surface area (Å²) in [6, 6.07) is 2.84. The average Bonchev–Trinajstić information content (AvgIpc) is 2.48. The van der Waals surface area contributed by atoms with Gasteiger partial charge in [-0.05, 0) is 26.3 Å². The summed E-state index contributed by atoms with van der Waals surface area (Å²) in [5, 5.41) is 10.3. The highest BCUT2D eigenvalue weighted by Gasteiger charge is 2.63. The van der Waals surface area contributed by atoms with E-state index in [9.17, 15) is 23.1 Å². The first-order valence-corrected chi connectivity index (χ1v) is 7.29. The minimum Gasteiger partial charge on any atom is -0.463 e. The number of nitrogens with zero attached hydrogens (tertiary/aromatic N) is 1. The number of unbranched alkanes of at least 4 members (excludes halogenated alkanes) is 1. The summed E-state index contributed by atoms with van der Waals surface area (Å²) in [7, 11) is 0. The SMILES string of the molecule is CCC/C=C(\c1cccnc1C)C(O)(C(=O)OCC)C(F)(F)F. The molecule has 4 nitrogen and oxygen atoms in total. The number of rotatable bonds is 6. The molecule has 0 aliphatic carbocycles. The number of allylic oxidation sites excluding steroid dienone is 1. The molecule has 0 amide bonds. The van der Waals surface area contributed by atoms with Crippen LogP contribution in [0.25, 0.3) is 5.57 Å². The highest BCUT2D eigenvalue weighted by molar-refractivity contribution is 5.97. The van der Waals surface area contributed by atoms with Crippen molar-refractivity contribution in [3.8, 4) is 0 Å². The van der Waals surface area contributed by atoms with Crippen molar-refractivity contribution in [2.45, 2.75) is 45.4 Å². The first kappa shape index (κ1) is 19.2. The number of halogens is 3. The van der Waals surface area contributed by atoms with Crippen LogP contribution in [0, 0.1) is 6.92 Å². The number of hydrogen-bond donors (Lipinski definition) is 1. The Morgan fingerprint density at radius 3 is 2.52 bits per heavy atom. The molecule has 0 fully saturated rings. The van der Waals surface area contributed by atoms with Crippen LogP contribution in [0.3, 0.4) is 0 Å². The molecule has 128 valence electrons. The number of ether oxygens (including phenoxy) is 1. The smallest absolute Gasteiger partial charge is 0.432 e. The van der Waals surface area contributed by atoms with Crippen LogP contribution in [0.1, 0.15) is 37.9 Å². The predicted octanol–water partition coefficient (Wildman–Crippen LogP) is 3.43. The van der Waals surface area contributed by atoms with Gasteiger partial charge in [-0.1, -0.05) is 25.5 Å². The molecule has 1 unspecified atom stereocenters. The van der Waals surface area contributed by atoms with Crippen molar-refractivity contribution in [2.24, 2.45) is 0 Å². The van der Waals surface area contributed by atoms with Crippen molar-refractivity contribution in [2.75, 3.05) is 6.61 Å². The van der Waals surface area contributed by atoms with E-state index in [4.69, 9.17) is 0 Å². The lowest BCUT2D eigenvalue weighted by atomic mass is 9.85. The Bertz CT molecular complexity index is 584. The summed E-state index contributed by atoms with van der Waals surface area (Å²) in [6.07, 6.45) is -1.76. The van der Waals surface area contributed by atoms with Gasteiger partial charge < -0.3 is 9.84 Å². The third-order valence-electron chi connectivity index (χ3n) is 3.31. The average molecular weight is 331 g/mol. The lowest BCUT2D eigenvalue weighted by Gasteiger charge is -2.31. The minimum atomic E-state index is -5.22. The van der Waals surface area contributed by atoms with E-state index >= 15 is 0 Å². The van der Waals surface area contributed by atoms with Gasteiger partial charge in [-0.15, -0.1) is 0 Å². The second kappa shape index (κ2) is 7.59. The normalized spacial score (nSPS) is 15.2. The summed E-state index contributed by atoms with van der Waals surface area (Å²) in [6.45, 7) is 4.39. The van der Waals surface area contributed by atoms with E-state index in [1.807, 2.05) is 0 Å². The highest BCUT2D eigenvalue weighted by Crippen LogP contribution is 2.42. The van der Waals surface area contributed by atoms with E-state index < -0.39 is 23.3 Å². The topological polar surface area (TPSA) is 59.4 Å². The van der Waals surface area contributed by atoms with Crippen LogP contribution < -0.4 is 0 Å². The van der Waals surface area contributed by atoms with Crippen LogP contribution in [-0.4, -0.2) is 34.4 Å². The third-order valence-corrected chi connectivity index (χ3v) is 3.31. The molecule has 0 aliphatic heterocycles. The monoisotopic (exact) mass is 331 g/mol. The van der Waals surface area contributed by atoms with Gasteiger partial charge in [-0.2, -0.15) is 13.2 Å². The molecule has 1 heterocycles. The molecule has 7 heteroatoms. The maximum absolute atomic E-state index is 13.6. The molecule has 0 aromatic carbocycles. The van der Waals surface area contributed by atoms with Crippen molar-refractivity contribution in [1.82, 2.24) is 4.98 Å². The summed E-state index contributed by atoms with van der Waals surface area (Å²) in [4.78, 5) is 15.9. The highest BCUT2D eigenvalue weighted by atomic mass is 19.4. The summed E-state index contributed by atoms with van der Waals surface area (Å²) >= 11 is 0. The van der Waals surface area contributed by atoms with Gasteiger partial charge >= 0.3 is 12.1 Å². The zero-order valence-corrected chi connectivity index (χ0v) is 13.3. The van der Waals surface area contributed by atoms with Gasteiger partial charge in [0.2, 0.25) is 0 Å². The van der Waals surface area contributed by atoms with Gasteiger partial charge in [0.25, 0.3) is 5.60 Å². The molecular formula is C16H20F3NO3. The Hall–Kier alpha value is -1.89.